The second-order valence-corrected chi connectivity index (χ2v) is 4.99. The smallest absolute Gasteiger partial charge is 0.130 e. The molecule has 4 heteroatoms. The molecule has 0 amide bonds. The van der Waals surface area contributed by atoms with Crippen LogP contribution in [0.15, 0.2) is 46.9 Å². The molecule has 2 N–H and O–H groups in total. The summed E-state index contributed by atoms with van der Waals surface area (Å²) in [5.41, 5.74) is 6.76. The van der Waals surface area contributed by atoms with Gasteiger partial charge < -0.3 is 5.73 Å². The molecule has 2 aromatic rings. The van der Waals surface area contributed by atoms with Crippen molar-refractivity contribution in [2.75, 3.05) is 0 Å². The van der Waals surface area contributed by atoms with E-state index in [2.05, 4.69) is 15.9 Å². The van der Waals surface area contributed by atoms with Gasteiger partial charge in [-0.15, -0.1) is 0 Å². The van der Waals surface area contributed by atoms with Crippen LogP contribution in [0.3, 0.4) is 0 Å². The Kier molecular flexibility index (Phi) is 4.09. The van der Waals surface area contributed by atoms with Crippen molar-refractivity contribution in [2.45, 2.75) is 12.5 Å². The van der Waals surface area contributed by atoms with Crippen LogP contribution in [0.25, 0.3) is 0 Å². The second-order valence-electron chi connectivity index (χ2n) is 4.08. The van der Waals surface area contributed by atoms with Gasteiger partial charge in [0.25, 0.3) is 0 Å². The van der Waals surface area contributed by atoms with E-state index in [4.69, 9.17) is 5.73 Å². The maximum atomic E-state index is 13.6. The Morgan fingerprint density at radius 1 is 1.06 bits per heavy atom. The van der Waals surface area contributed by atoms with E-state index in [1.807, 2.05) is 24.3 Å². The van der Waals surface area contributed by atoms with E-state index < -0.39 is 17.7 Å². The highest BCUT2D eigenvalue weighted by Gasteiger charge is 2.16. The molecule has 18 heavy (non-hydrogen) atoms. The molecule has 0 spiro atoms. The van der Waals surface area contributed by atoms with Gasteiger partial charge in [-0.05, 0) is 36.2 Å². The largest absolute Gasteiger partial charge is 0.323 e. The van der Waals surface area contributed by atoms with Crippen LogP contribution in [0.1, 0.15) is 17.2 Å². The summed E-state index contributed by atoms with van der Waals surface area (Å²) in [5, 5.41) is 0. The number of nitrogens with two attached hydrogens (primary N) is 1. The third-order valence-electron chi connectivity index (χ3n) is 2.72. The van der Waals surface area contributed by atoms with Crippen molar-refractivity contribution in [1.29, 1.82) is 0 Å². The Hall–Kier alpha value is -1.26. The molecule has 0 bridgehead atoms. The summed E-state index contributed by atoms with van der Waals surface area (Å²) in [6.07, 6.45) is 0.386. The van der Waals surface area contributed by atoms with Crippen LogP contribution < -0.4 is 5.73 Å². The van der Waals surface area contributed by atoms with Gasteiger partial charge in [-0.25, -0.2) is 8.78 Å². The van der Waals surface area contributed by atoms with E-state index >= 15 is 0 Å². The van der Waals surface area contributed by atoms with Crippen molar-refractivity contribution < 1.29 is 8.78 Å². The average molecular weight is 312 g/mol. The summed E-state index contributed by atoms with van der Waals surface area (Å²) in [6, 6.07) is 10.6. The Morgan fingerprint density at radius 2 is 1.67 bits per heavy atom. The molecule has 0 saturated heterocycles. The molecule has 94 valence electrons. The fraction of sp³-hybridized carbons (Fsp3) is 0.143. The summed E-state index contributed by atoms with van der Waals surface area (Å²) in [4.78, 5) is 0. The maximum Gasteiger partial charge on any atom is 0.130 e. The Morgan fingerprint density at radius 3 is 2.28 bits per heavy atom. The summed E-state index contributed by atoms with van der Waals surface area (Å²) in [7, 11) is 0. The first kappa shape index (κ1) is 13.2. The van der Waals surface area contributed by atoms with E-state index in [1.54, 1.807) is 0 Å². The summed E-state index contributed by atoms with van der Waals surface area (Å²) >= 11 is 3.35. The average Bonchev–Trinajstić information content (AvgIpc) is 2.28. The third kappa shape index (κ3) is 2.94. The third-order valence-corrected chi connectivity index (χ3v) is 3.21. The summed E-state index contributed by atoms with van der Waals surface area (Å²) in [5.74, 6) is -1.20. The van der Waals surface area contributed by atoms with Gasteiger partial charge in [0, 0.05) is 16.1 Å². The number of benzene rings is 2. The minimum absolute atomic E-state index is 0.0579. The highest BCUT2D eigenvalue weighted by molar-refractivity contribution is 9.10. The standard InChI is InChI=1S/C14H12BrF2N/c15-10-4-1-3-9(7-10)8-13(18)14-11(16)5-2-6-12(14)17/h1-7,13H,8,18H2. The van der Waals surface area contributed by atoms with E-state index in [-0.39, 0.29) is 5.56 Å². The van der Waals surface area contributed by atoms with Crippen molar-refractivity contribution in [2.24, 2.45) is 5.73 Å². The molecular weight excluding hydrogens is 300 g/mol. The van der Waals surface area contributed by atoms with Crippen molar-refractivity contribution in [3.05, 3.63) is 69.7 Å². The fourth-order valence-corrected chi connectivity index (χ4v) is 2.33. The monoisotopic (exact) mass is 311 g/mol. The van der Waals surface area contributed by atoms with Crippen LogP contribution in [0, 0.1) is 11.6 Å². The van der Waals surface area contributed by atoms with Crippen molar-refractivity contribution >= 4 is 15.9 Å². The highest BCUT2D eigenvalue weighted by Crippen LogP contribution is 2.23. The number of halogens is 3. The molecule has 0 heterocycles. The normalized spacial score (nSPS) is 12.4. The summed E-state index contributed by atoms with van der Waals surface area (Å²) < 4.78 is 28.0. The van der Waals surface area contributed by atoms with E-state index in [1.165, 1.54) is 18.2 Å². The van der Waals surface area contributed by atoms with Crippen molar-refractivity contribution in [1.82, 2.24) is 0 Å². The topological polar surface area (TPSA) is 26.0 Å². The van der Waals surface area contributed by atoms with E-state index in [0.29, 0.717) is 6.42 Å². The van der Waals surface area contributed by atoms with Gasteiger partial charge in [0.05, 0.1) is 0 Å². The van der Waals surface area contributed by atoms with Crippen LogP contribution in [0.5, 0.6) is 0 Å². The van der Waals surface area contributed by atoms with Gasteiger partial charge in [0.2, 0.25) is 0 Å². The zero-order valence-corrected chi connectivity index (χ0v) is 11.1. The van der Waals surface area contributed by atoms with Crippen molar-refractivity contribution in [3.63, 3.8) is 0 Å². The molecule has 0 aromatic heterocycles. The molecule has 0 aliphatic carbocycles. The Balaban J connectivity index is 2.25. The zero-order chi connectivity index (χ0) is 13.1. The molecule has 0 fully saturated rings. The van der Waals surface area contributed by atoms with Crippen LogP contribution in [-0.2, 0) is 6.42 Å². The van der Waals surface area contributed by atoms with Crippen molar-refractivity contribution in [3.8, 4) is 0 Å². The lowest BCUT2D eigenvalue weighted by Crippen LogP contribution is -2.16. The number of hydrogen-bond donors (Lipinski definition) is 1. The molecule has 1 atom stereocenters. The van der Waals surface area contributed by atoms with Gasteiger partial charge >= 0.3 is 0 Å². The Labute approximate surface area is 113 Å². The lowest BCUT2D eigenvalue weighted by Gasteiger charge is -2.14. The quantitative estimate of drug-likeness (QED) is 0.912. The molecule has 0 saturated carbocycles. The highest BCUT2D eigenvalue weighted by atomic mass is 79.9. The van der Waals surface area contributed by atoms with Gasteiger partial charge in [-0.3, -0.25) is 0 Å². The lowest BCUT2D eigenvalue weighted by atomic mass is 9.99. The zero-order valence-electron chi connectivity index (χ0n) is 9.54. The summed E-state index contributed by atoms with van der Waals surface area (Å²) in [6.45, 7) is 0. The molecule has 0 aliphatic heterocycles. The van der Waals surface area contributed by atoms with Crippen LogP contribution in [0.2, 0.25) is 0 Å². The molecule has 1 unspecified atom stereocenters. The first-order chi connectivity index (χ1) is 8.58. The molecule has 1 nitrogen and oxygen atoms in total. The maximum absolute atomic E-state index is 13.6. The molecular formula is C14H12BrF2N. The molecule has 2 aromatic carbocycles. The van der Waals surface area contributed by atoms with E-state index in [9.17, 15) is 8.78 Å². The molecule has 0 aliphatic rings. The van der Waals surface area contributed by atoms with Crippen LogP contribution in [-0.4, -0.2) is 0 Å². The predicted molar refractivity (Wildman–Crippen MR) is 71.1 cm³/mol. The molecule has 0 radical (unpaired) electrons. The minimum Gasteiger partial charge on any atom is -0.323 e. The first-order valence-electron chi connectivity index (χ1n) is 5.52. The molecule has 2 rings (SSSR count). The van der Waals surface area contributed by atoms with Gasteiger partial charge in [-0.1, -0.05) is 34.1 Å². The van der Waals surface area contributed by atoms with Gasteiger partial charge in [0.15, 0.2) is 0 Å². The minimum atomic E-state index is -0.694. The number of hydrogen-bond acceptors (Lipinski definition) is 1. The second kappa shape index (κ2) is 5.59. The lowest BCUT2D eigenvalue weighted by molar-refractivity contribution is 0.524. The first-order valence-corrected chi connectivity index (χ1v) is 6.31. The van der Waals surface area contributed by atoms with Gasteiger partial charge in [0.1, 0.15) is 11.6 Å². The van der Waals surface area contributed by atoms with Crippen LogP contribution in [0.4, 0.5) is 8.78 Å². The van der Waals surface area contributed by atoms with Crippen LogP contribution >= 0.6 is 15.9 Å². The number of rotatable bonds is 3. The Bertz CT molecular complexity index is 537. The predicted octanol–water partition coefficient (Wildman–Crippen LogP) is 3.97. The van der Waals surface area contributed by atoms with E-state index in [0.717, 1.165) is 10.0 Å². The van der Waals surface area contributed by atoms with Gasteiger partial charge in [-0.2, -0.15) is 0 Å². The fourth-order valence-electron chi connectivity index (χ4n) is 1.88. The SMILES string of the molecule is NC(Cc1cccc(Br)c1)c1c(F)cccc1F.